The molecule has 4 nitrogen and oxygen atoms in total. The molecule has 0 spiro atoms. The topological polar surface area (TPSA) is 43.6 Å². The van der Waals surface area contributed by atoms with Crippen LogP contribution in [-0.2, 0) is 0 Å². The van der Waals surface area contributed by atoms with Gasteiger partial charge in [0.2, 0.25) is 5.28 Å². The summed E-state index contributed by atoms with van der Waals surface area (Å²) in [7, 11) is 0. The van der Waals surface area contributed by atoms with Crippen LogP contribution in [-0.4, -0.2) is 19.5 Å². The van der Waals surface area contributed by atoms with Gasteiger partial charge in [-0.15, -0.1) is 0 Å². The third kappa shape index (κ3) is 3.92. The van der Waals surface area contributed by atoms with Gasteiger partial charge in [0.1, 0.15) is 0 Å². The molecule has 0 amide bonds. The van der Waals surface area contributed by atoms with Crippen molar-refractivity contribution in [2.45, 2.75) is 0 Å². The van der Waals surface area contributed by atoms with Crippen molar-refractivity contribution in [3.05, 3.63) is 133 Å². The summed E-state index contributed by atoms with van der Waals surface area (Å²) < 4.78 is 2.30. The molecule has 0 unspecified atom stereocenters. The number of halogens is 1. The van der Waals surface area contributed by atoms with Gasteiger partial charge in [0.15, 0.2) is 11.6 Å². The average Bonchev–Trinajstić information content (AvgIpc) is 3.31. The molecule has 0 N–H and O–H groups in total. The molecular formula is C33H21ClN4. The van der Waals surface area contributed by atoms with E-state index in [-0.39, 0.29) is 5.28 Å². The lowest BCUT2D eigenvalue weighted by atomic mass is 10.1. The highest BCUT2D eigenvalue weighted by Crippen LogP contribution is 2.35. The Balaban J connectivity index is 1.40. The lowest BCUT2D eigenvalue weighted by Gasteiger charge is -2.10. The second-order valence-electron chi connectivity index (χ2n) is 9.12. The summed E-state index contributed by atoms with van der Waals surface area (Å²) in [5, 5.41) is 2.53. The molecule has 7 aromatic rings. The van der Waals surface area contributed by atoms with Gasteiger partial charge in [-0.2, -0.15) is 9.97 Å². The van der Waals surface area contributed by atoms with Gasteiger partial charge in [-0.05, 0) is 47.0 Å². The molecule has 0 aliphatic rings. The lowest BCUT2D eigenvalue weighted by Crippen LogP contribution is -1.98. The van der Waals surface area contributed by atoms with Crippen LogP contribution in [0.25, 0.3) is 61.4 Å². The second kappa shape index (κ2) is 9.25. The lowest BCUT2D eigenvalue weighted by molar-refractivity contribution is 1.07. The molecule has 5 heteroatoms. The molecule has 0 saturated carbocycles. The number of benzene rings is 5. The molecule has 0 aliphatic carbocycles. The zero-order valence-corrected chi connectivity index (χ0v) is 21.0. The van der Waals surface area contributed by atoms with Gasteiger partial charge >= 0.3 is 0 Å². The fourth-order valence-electron chi connectivity index (χ4n) is 5.02. The maximum Gasteiger partial charge on any atom is 0.226 e. The van der Waals surface area contributed by atoms with Gasteiger partial charge in [0.25, 0.3) is 0 Å². The van der Waals surface area contributed by atoms with Gasteiger partial charge in [-0.25, -0.2) is 4.98 Å². The number of hydrogen-bond donors (Lipinski definition) is 0. The van der Waals surface area contributed by atoms with Crippen molar-refractivity contribution in [3.8, 4) is 39.6 Å². The first kappa shape index (κ1) is 22.4. The summed E-state index contributed by atoms with van der Waals surface area (Å²) in [6.07, 6.45) is 0. The van der Waals surface area contributed by atoms with E-state index >= 15 is 0 Å². The minimum atomic E-state index is 0.172. The van der Waals surface area contributed by atoms with E-state index in [0.29, 0.717) is 11.6 Å². The summed E-state index contributed by atoms with van der Waals surface area (Å²) in [6.45, 7) is 0. The summed E-state index contributed by atoms with van der Waals surface area (Å²) in [6, 6.07) is 43.8. The van der Waals surface area contributed by atoms with Crippen molar-refractivity contribution >= 4 is 33.4 Å². The standard InChI is InChI=1S/C33H21ClN4/c34-33-36-31(24-11-5-2-6-12-24)35-32(37-33)25-17-20-28-27-13-7-8-14-29(27)38(30(28)21-25)26-18-15-23(16-19-26)22-9-3-1-4-10-22/h1-21H. The van der Waals surface area contributed by atoms with Gasteiger partial charge in [-0.3, -0.25) is 0 Å². The molecular weight excluding hydrogens is 488 g/mol. The fraction of sp³-hybridized carbons (Fsp3) is 0. The SMILES string of the molecule is Clc1nc(-c2ccccc2)nc(-c2ccc3c4ccccc4n(-c4ccc(-c5ccccc5)cc4)c3c2)n1. The van der Waals surface area contributed by atoms with Crippen molar-refractivity contribution < 1.29 is 0 Å². The van der Waals surface area contributed by atoms with Gasteiger partial charge in [0, 0.05) is 27.6 Å². The number of fused-ring (bicyclic) bond motifs is 3. The molecule has 7 rings (SSSR count). The van der Waals surface area contributed by atoms with Crippen molar-refractivity contribution in [2.24, 2.45) is 0 Å². The van der Waals surface area contributed by atoms with Crippen molar-refractivity contribution in [3.63, 3.8) is 0 Å². The Bertz CT molecular complexity index is 1910. The number of nitrogens with zero attached hydrogens (tertiary/aromatic N) is 4. The molecule has 5 aromatic carbocycles. The fourth-order valence-corrected chi connectivity index (χ4v) is 5.18. The van der Waals surface area contributed by atoms with Crippen LogP contribution in [0.1, 0.15) is 0 Å². The van der Waals surface area contributed by atoms with Crippen LogP contribution < -0.4 is 0 Å². The van der Waals surface area contributed by atoms with Gasteiger partial charge < -0.3 is 4.57 Å². The zero-order valence-electron chi connectivity index (χ0n) is 20.3. The summed E-state index contributed by atoms with van der Waals surface area (Å²) in [5.41, 5.74) is 7.47. The maximum atomic E-state index is 6.36. The van der Waals surface area contributed by atoms with Gasteiger partial charge in [-0.1, -0.05) is 103 Å². The Hall–Kier alpha value is -4.80. The average molecular weight is 509 g/mol. The number of hydrogen-bond acceptors (Lipinski definition) is 3. The predicted molar refractivity (Wildman–Crippen MR) is 155 cm³/mol. The van der Waals surface area contributed by atoms with E-state index in [9.17, 15) is 0 Å². The maximum absolute atomic E-state index is 6.36. The van der Waals surface area contributed by atoms with E-state index in [0.717, 1.165) is 27.8 Å². The summed E-state index contributed by atoms with van der Waals surface area (Å²) >= 11 is 6.36. The predicted octanol–water partition coefficient (Wildman–Crippen LogP) is 8.62. The van der Waals surface area contributed by atoms with E-state index in [2.05, 4.69) is 106 Å². The highest BCUT2D eigenvalue weighted by atomic mass is 35.5. The van der Waals surface area contributed by atoms with E-state index in [1.54, 1.807) is 0 Å². The van der Waals surface area contributed by atoms with Crippen molar-refractivity contribution in [1.29, 1.82) is 0 Å². The molecule has 0 atom stereocenters. The Morgan fingerprint density at radius 1 is 0.447 bits per heavy atom. The van der Waals surface area contributed by atoms with Crippen LogP contribution in [0, 0.1) is 0 Å². The summed E-state index contributed by atoms with van der Waals surface area (Å²) in [4.78, 5) is 13.6. The van der Waals surface area contributed by atoms with Gasteiger partial charge in [0.05, 0.1) is 11.0 Å². The third-order valence-corrected chi connectivity index (χ3v) is 6.97. The molecule has 2 aromatic heterocycles. The first-order chi connectivity index (χ1) is 18.7. The highest BCUT2D eigenvalue weighted by molar-refractivity contribution is 6.28. The van der Waals surface area contributed by atoms with Crippen LogP contribution in [0.3, 0.4) is 0 Å². The molecule has 0 radical (unpaired) electrons. The van der Waals surface area contributed by atoms with Crippen LogP contribution >= 0.6 is 11.6 Å². The number of aromatic nitrogens is 4. The normalized spacial score (nSPS) is 11.3. The Morgan fingerprint density at radius 3 is 1.74 bits per heavy atom. The quantitative estimate of drug-likeness (QED) is 0.239. The molecule has 2 heterocycles. The minimum absolute atomic E-state index is 0.172. The van der Waals surface area contributed by atoms with E-state index in [4.69, 9.17) is 16.6 Å². The third-order valence-electron chi connectivity index (χ3n) is 6.80. The molecule has 180 valence electrons. The Labute approximate surface area is 224 Å². The van der Waals surface area contributed by atoms with Crippen molar-refractivity contribution in [2.75, 3.05) is 0 Å². The van der Waals surface area contributed by atoms with E-state index < -0.39 is 0 Å². The molecule has 0 saturated heterocycles. The second-order valence-corrected chi connectivity index (χ2v) is 9.45. The molecule has 0 bridgehead atoms. The first-order valence-electron chi connectivity index (χ1n) is 12.4. The van der Waals surface area contributed by atoms with Crippen molar-refractivity contribution in [1.82, 2.24) is 19.5 Å². The number of rotatable bonds is 4. The first-order valence-corrected chi connectivity index (χ1v) is 12.8. The largest absolute Gasteiger partial charge is 0.309 e. The van der Waals surface area contributed by atoms with Crippen LogP contribution in [0.5, 0.6) is 0 Å². The molecule has 0 fully saturated rings. The minimum Gasteiger partial charge on any atom is -0.309 e. The Morgan fingerprint density at radius 2 is 1.00 bits per heavy atom. The van der Waals surface area contributed by atoms with E-state index in [1.807, 2.05) is 36.4 Å². The Kier molecular flexibility index (Phi) is 5.46. The monoisotopic (exact) mass is 508 g/mol. The van der Waals surface area contributed by atoms with Crippen LogP contribution in [0.15, 0.2) is 127 Å². The molecule has 0 aliphatic heterocycles. The highest BCUT2D eigenvalue weighted by Gasteiger charge is 2.15. The molecule has 38 heavy (non-hydrogen) atoms. The van der Waals surface area contributed by atoms with E-state index in [1.165, 1.54) is 21.9 Å². The van der Waals surface area contributed by atoms with Crippen LogP contribution in [0.4, 0.5) is 0 Å². The summed E-state index contributed by atoms with van der Waals surface area (Å²) in [5.74, 6) is 1.10. The zero-order chi connectivity index (χ0) is 25.5. The number of para-hydroxylation sites is 1. The smallest absolute Gasteiger partial charge is 0.226 e. The van der Waals surface area contributed by atoms with Crippen LogP contribution in [0.2, 0.25) is 5.28 Å².